The van der Waals surface area contributed by atoms with Crippen LogP contribution in [-0.4, -0.2) is 29.1 Å². The van der Waals surface area contributed by atoms with Crippen molar-refractivity contribution in [1.29, 1.82) is 0 Å². The van der Waals surface area contributed by atoms with Crippen molar-refractivity contribution >= 4 is 22.6 Å². The highest BCUT2D eigenvalue weighted by Crippen LogP contribution is 2.32. The number of nitrogens with one attached hydrogen (secondary N) is 1. The maximum absolute atomic E-state index is 15.2. The molecule has 1 unspecified atom stereocenters. The molecule has 3 aromatic rings. The molecular formula is C27H30F2N2O4. The topological polar surface area (TPSA) is 77.5 Å². The van der Waals surface area contributed by atoms with Gasteiger partial charge in [-0.2, -0.15) is 0 Å². The Morgan fingerprint density at radius 2 is 1.77 bits per heavy atom. The molecule has 0 saturated heterocycles. The van der Waals surface area contributed by atoms with Gasteiger partial charge in [-0.05, 0) is 70.4 Å². The molecule has 0 fully saturated rings. The highest BCUT2D eigenvalue weighted by molar-refractivity contribution is 6.17. The number of halogens is 2. The summed E-state index contributed by atoms with van der Waals surface area (Å²) < 4.78 is 41.1. The molecule has 0 aliphatic heterocycles. The zero-order valence-corrected chi connectivity index (χ0v) is 20.8. The Balaban J connectivity index is 2.02. The first-order valence-electron chi connectivity index (χ1n) is 11.5. The summed E-state index contributed by atoms with van der Waals surface area (Å²) in [6.45, 7) is 10.8. The lowest BCUT2D eigenvalue weighted by Gasteiger charge is -2.22. The summed E-state index contributed by atoms with van der Waals surface area (Å²) in [4.78, 5) is 29.8. The minimum atomic E-state index is -1.02. The van der Waals surface area contributed by atoms with Gasteiger partial charge >= 0.3 is 6.09 Å². The largest absolute Gasteiger partial charge is 0.478 e. The molecule has 0 radical (unpaired) electrons. The number of hydrogen-bond acceptors (Lipinski definition) is 5. The normalized spacial score (nSPS) is 12.3. The van der Waals surface area contributed by atoms with E-state index < -0.39 is 40.7 Å². The Hall–Kier alpha value is -3.55. The predicted molar refractivity (Wildman–Crippen MR) is 130 cm³/mol. The van der Waals surface area contributed by atoms with E-state index >= 15 is 8.78 Å². The Kier molecular flexibility index (Phi) is 7.73. The number of nitrogens with zero attached hydrogens (tertiary/aromatic N) is 1. The van der Waals surface area contributed by atoms with E-state index in [2.05, 4.69) is 10.3 Å². The van der Waals surface area contributed by atoms with Crippen molar-refractivity contribution in [3.63, 3.8) is 0 Å². The first kappa shape index (κ1) is 26.1. The van der Waals surface area contributed by atoms with Crippen molar-refractivity contribution < 1.29 is 27.8 Å². The molecule has 2 aromatic carbocycles. The van der Waals surface area contributed by atoms with Crippen molar-refractivity contribution in [3.8, 4) is 5.88 Å². The number of aryl methyl sites for hydroxylation is 1. The molecule has 1 atom stereocenters. The molecule has 3 rings (SSSR count). The van der Waals surface area contributed by atoms with E-state index in [9.17, 15) is 9.59 Å². The number of ether oxygens (including phenoxy) is 2. The van der Waals surface area contributed by atoms with Crippen molar-refractivity contribution in [2.24, 2.45) is 0 Å². The van der Waals surface area contributed by atoms with Crippen LogP contribution in [0.4, 0.5) is 13.6 Å². The fourth-order valence-electron chi connectivity index (χ4n) is 3.82. The van der Waals surface area contributed by atoms with Crippen LogP contribution in [0.3, 0.4) is 0 Å². The summed E-state index contributed by atoms with van der Waals surface area (Å²) in [5.74, 6) is -2.46. The van der Waals surface area contributed by atoms with Crippen LogP contribution >= 0.6 is 0 Å². The lowest BCUT2D eigenvalue weighted by molar-refractivity contribution is 0.0507. The molecule has 0 spiro atoms. The molecule has 8 heteroatoms. The van der Waals surface area contributed by atoms with Gasteiger partial charge in [-0.15, -0.1) is 0 Å². The molecule has 0 saturated carbocycles. The Labute approximate surface area is 203 Å². The molecule has 1 N–H and O–H groups in total. The highest BCUT2D eigenvalue weighted by atomic mass is 19.1. The number of fused-ring (bicyclic) bond motifs is 1. The van der Waals surface area contributed by atoms with Crippen LogP contribution < -0.4 is 10.1 Å². The van der Waals surface area contributed by atoms with Gasteiger partial charge in [0.1, 0.15) is 17.2 Å². The van der Waals surface area contributed by atoms with Crippen LogP contribution in [0.25, 0.3) is 10.8 Å². The lowest BCUT2D eigenvalue weighted by atomic mass is 9.93. The standard InChI is InChI=1S/C27H30F2N2O4/c1-7-16-14-30-25(34-8-2)19-11-9-10-18(22(16)19)24(32)23-20(28)12-17(13-21(23)29)15(3)31-26(33)35-27(4,5)6/h9-15H,7-8H2,1-6H3,(H,31,33). The molecule has 0 bridgehead atoms. The highest BCUT2D eigenvalue weighted by Gasteiger charge is 2.25. The number of carbonyl (C=O) groups is 2. The van der Waals surface area contributed by atoms with Crippen molar-refractivity contribution in [2.75, 3.05) is 6.61 Å². The van der Waals surface area contributed by atoms with Gasteiger partial charge in [0.05, 0.1) is 18.2 Å². The third-order valence-electron chi connectivity index (χ3n) is 5.38. The van der Waals surface area contributed by atoms with E-state index in [1.165, 1.54) is 0 Å². The molecule has 186 valence electrons. The van der Waals surface area contributed by atoms with Crippen LogP contribution in [-0.2, 0) is 11.2 Å². The second-order valence-electron chi connectivity index (χ2n) is 9.16. The van der Waals surface area contributed by atoms with Gasteiger partial charge in [0, 0.05) is 22.5 Å². The second-order valence-corrected chi connectivity index (χ2v) is 9.16. The van der Waals surface area contributed by atoms with E-state index in [0.717, 1.165) is 17.7 Å². The summed E-state index contributed by atoms with van der Waals surface area (Å²) in [7, 11) is 0. The van der Waals surface area contributed by atoms with Gasteiger partial charge in [0.15, 0.2) is 5.78 Å². The summed E-state index contributed by atoms with van der Waals surface area (Å²) in [6.07, 6.45) is 1.47. The van der Waals surface area contributed by atoms with Gasteiger partial charge in [0.25, 0.3) is 0 Å². The van der Waals surface area contributed by atoms with E-state index in [-0.39, 0.29) is 11.1 Å². The molecular weight excluding hydrogens is 454 g/mol. The van der Waals surface area contributed by atoms with Gasteiger partial charge < -0.3 is 14.8 Å². The number of benzene rings is 2. The smallest absolute Gasteiger partial charge is 0.408 e. The fourth-order valence-corrected chi connectivity index (χ4v) is 3.82. The molecule has 6 nitrogen and oxygen atoms in total. The molecule has 1 heterocycles. The number of amides is 1. The van der Waals surface area contributed by atoms with Gasteiger partial charge in [-0.3, -0.25) is 4.79 Å². The minimum Gasteiger partial charge on any atom is -0.478 e. The van der Waals surface area contributed by atoms with Crippen molar-refractivity contribution in [1.82, 2.24) is 10.3 Å². The maximum Gasteiger partial charge on any atom is 0.408 e. The fraction of sp³-hybridized carbons (Fsp3) is 0.370. The predicted octanol–water partition coefficient (Wildman–Crippen LogP) is 6.29. The molecule has 1 aromatic heterocycles. The zero-order chi connectivity index (χ0) is 25.9. The number of pyridine rings is 1. The quantitative estimate of drug-likeness (QED) is 0.399. The number of aromatic nitrogens is 1. The van der Waals surface area contributed by atoms with Crippen LogP contribution in [0.2, 0.25) is 0 Å². The number of hydrogen-bond donors (Lipinski definition) is 1. The molecule has 0 aliphatic carbocycles. The Bertz CT molecular complexity index is 1250. The minimum absolute atomic E-state index is 0.160. The third kappa shape index (κ3) is 5.75. The monoisotopic (exact) mass is 484 g/mol. The average molecular weight is 485 g/mol. The molecule has 1 amide bonds. The lowest BCUT2D eigenvalue weighted by Crippen LogP contribution is -2.34. The number of rotatable bonds is 7. The Morgan fingerprint density at radius 1 is 1.11 bits per heavy atom. The van der Waals surface area contributed by atoms with Gasteiger partial charge in [0.2, 0.25) is 5.88 Å². The van der Waals surface area contributed by atoms with Crippen LogP contribution in [0, 0.1) is 11.6 Å². The molecule has 35 heavy (non-hydrogen) atoms. The van der Waals surface area contributed by atoms with Gasteiger partial charge in [-0.1, -0.05) is 19.1 Å². The zero-order valence-electron chi connectivity index (χ0n) is 20.8. The summed E-state index contributed by atoms with van der Waals surface area (Å²) in [5, 5.41) is 3.70. The van der Waals surface area contributed by atoms with Crippen molar-refractivity contribution in [2.45, 2.75) is 59.6 Å². The number of alkyl carbamates (subject to hydrolysis) is 1. The van der Waals surface area contributed by atoms with E-state index in [1.54, 1.807) is 52.1 Å². The first-order chi connectivity index (χ1) is 16.5. The van der Waals surface area contributed by atoms with E-state index in [0.29, 0.717) is 29.7 Å². The second kappa shape index (κ2) is 10.4. The average Bonchev–Trinajstić information content (AvgIpc) is 2.77. The van der Waals surface area contributed by atoms with Gasteiger partial charge in [-0.25, -0.2) is 18.6 Å². The van der Waals surface area contributed by atoms with E-state index in [4.69, 9.17) is 9.47 Å². The van der Waals surface area contributed by atoms with Crippen LogP contribution in [0.1, 0.15) is 74.6 Å². The SMILES string of the molecule is CCOc1ncc(CC)c2c(C(=O)c3c(F)cc(C(C)NC(=O)OC(C)(C)C)cc3F)cccc12. The number of carbonyl (C=O) groups excluding carboxylic acids is 2. The maximum atomic E-state index is 15.2. The van der Waals surface area contributed by atoms with Crippen molar-refractivity contribution in [3.05, 3.63) is 70.4 Å². The van der Waals surface area contributed by atoms with Crippen LogP contribution in [0.15, 0.2) is 36.5 Å². The molecule has 0 aliphatic rings. The third-order valence-corrected chi connectivity index (χ3v) is 5.38. The Morgan fingerprint density at radius 3 is 2.34 bits per heavy atom. The van der Waals surface area contributed by atoms with Crippen LogP contribution in [0.5, 0.6) is 5.88 Å². The summed E-state index contributed by atoms with van der Waals surface area (Å²) >= 11 is 0. The first-order valence-corrected chi connectivity index (χ1v) is 11.5. The van der Waals surface area contributed by atoms with E-state index in [1.807, 2.05) is 13.8 Å². The number of ketones is 1. The summed E-state index contributed by atoms with van der Waals surface area (Å²) in [6, 6.07) is 6.30. The summed E-state index contributed by atoms with van der Waals surface area (Å²) in [5.41, 5.74) is -0.294.